The normalized spacial score (nSPS) is 14.9. The molecule has 1 saturated carbocycles. The molecule has 0 aromatic heterocycles. The average Bonchev–Trinajstić information content (AvgIpc) is 2.90. The van der Waals surface area contributed by atoms with E-state index in [9.17, 15) is 18.0 Å². The summed E-state index contributed by atoms with van der Waals surface area (Å²) in [5.74, 6) is -0.464. The lowest BCUT2D eigenvalue weighted by molar-refractivity contribution is -0.141. The highest BCUT2D eigenvalue weighted by atomic mass is 35.5. The van der Waals surface area contributed by atoms with Gasteiger partial charge in [-0.15, -0.1) is 0 Å². The molecule has 0 radical (unpaired) electrons. The molecular weight excluding hydrogens is 616 g/mol. The number of sulfonamides is 1. The van der Waals surface area contributed by atoms with Crippen LogP contribution in [0.1, 0.15) is 63.9 Å². The minimum Gasteiger partial charge on any atom is -0.352 e. The molecular formula is C28H35Cl4N3O4S. The summed E-state index contributed by atoms with van der Waals surface area (Å²) < 4.78 is 26.3. The Kier molecular flexibility index (Phi) is 12.3. The predicted molar refractivity (Wildman–Crippen MR) is 164 cm³/mol. The zero-order valence-electron chi connectivity index (χ0n) is 22.6. The second-order valence-corrected chi connectivity index (χ2v) is 13.6. The van der Waals surface area contributed by atoms with Crippen LogP contribution >= 0.6 is 46.4 Å². The van der Waals surface area contributed by atoms with Crippen LogP contribution in [0.3, 0.4) is 0 Å². The Hall–Kier alpha value is -1.71. The van der Waals surface area contributed by atoms with E-state index in [2.05, 4.69) is 5.32 Å². The molecule has 2 aromatic rings. The van der Waals surface area contributed by atoms with Gasteiger partial charge in [0.05, 0.1) is 27.0 Å². The van der Waals surface area contributed by atoms with Crippen molar-refractivity contribution in [1.29, 1.82) is 0 Å². The van der Waals surface area contributed by atoms with Gasteiger partial charge in [0.2, 0.25) is 21.8 Å². The first-order chi connectivity index (χ1) is 18.9. The maximum absolute atomic E-state index is 13.7. The maximum Gasteiger partial charge on any atom is 0.243 e. The van der Waals surface area contributed by atoms with Gasteiger partial charge in [-0.3, -0.25) is 13.9 Å². The Bertz CT molecular complexity index is 1300. The molecule has 1 N–H and O–H groups in total. The summed E-state index contributed by atoms with van der Waals surface area (Å²) in [7, 11) is -3.71. The summed E-state index contributed by atoms with van der Waals surface area (Å²) in [5, 5.41) is 4.46. The molecule has 1 aliphatic rings. The summed E-state index contributed by atoms with van der Waals surface area (Å²) >= 11 is 24.7. The highest BCUT2D eigenvalue weighted by Crippen LogP contribution is 2.31. The fraction of sp³-hybridized carbons (Fsp3) is 0.500. The number of carbonyl (C=O) groups excluding carboxylic acids is 2. The van der Waals surface area contributed by atoms with Gasteiger partial charge in [-0.05, 0) is 61.6 Å². The molecule has 220 valence electrons. The standard InChI is InChI=1S/C28H35Cl4N3O4S/c1-3-25(28(37)33-21-8-5-4-6-9-21)34(18-19-11-13-22(30)24(32)16-19)27(36)10-7-15-35(40(2,38)39)26-17-20(29)12-14-23(26)31/h11-14,16-17,21,25H,3-10,15,18H2,1-2H3,(H,33,37)/t25-/m1/s1. The first kappa shape index (κ1) is 32.8. The maximum atomic E-state index is 13.7. The number of carbonyl (C=O) groups is 2. The molecule has 40 heavy (non-hydrogen) atoms. The van der Waals surface area contributed by atoms with Gasteiger partial charge in [-0.2, -0.15) is 0 Å². The number of nitrogens with zero attached hydrogens (tertiary/aromatic N) is 2. The monoisotopic (exact) mass is 649 g/mol. The summed E-state index contributed by atoms with van der Waals surface area (Å²) in [5.41, 5.74) is 0.977. The van der Waals surface area contributed by atoms with Gasteiger partial charge in [0.15, 0.2) is 0 Å². The van der Waals surface area contributed by atoms with Gasteiger partial charge < -0.3 is 10.2 Å². The molecule has 0 spiro atoms. The predicted octanol–water partition coefficient (Wildman–Crippen LogP) is 7.10. The number of hydrogen-bond acceptors (Lipinski definition) is 4. The van der Waals surface area contributed by atoms with Crippen molar-refractivity contribution in [3.63, 3.8) is 0 Å². The molecule has 12 heteroatoms. The van der Waals surface area contributed by atoms with Crippen LogP contribution in [0.15, 0.2) is 36.4 Å². The van der Waals surface area contributed by atoms with Crippen LogP contribution in [-0.2, 0) is 26.2 Å². The number of halogens is 4. The fourth-order valence-corrected chi connectivity index (χ4v) is 6.68. The zero-order valence-corrected chi connectivity index (χ0v) is 26.5. The van der Waals surface area contributed by atoms with Gasteiger partial charge >= 0.3 is 0 Å². The molecule has 3 rings (SSSR count). The number of benzene rings is 2. The van der Waals surface area contributed by atoms with Crippen LogP contribution in [0, 0.1) is 0 Å². The van der Waals surface area contributed by atoms with E-state index in [0.717, 1.165) is 48.2 Å². The van der Waals surface area contributed by atoms with E-state index in [1.165, 1.54) is 12.1 Å². The van der Waals surface area contributed by atoms with Crippen LogP contribution in [0.4, 0.5) is 5.69 Å². The molecule has 0 saturated heterocycles. The van der Waals surface area contributed by atoms with E-state index in [-0.39, 0.29) is 54.5 Å². The lowest BCUT2D eigenvalue weighted by atomic mass is 9.95. The van der Waals surface area contributed by atoms with E-state index in [0.29, 0.717) is 21.5 Å². The topological polar surface area (TPSA) is 86.8 Å². The van der Waals surface area contributed by atoms with Crippen molar-refractivity contribution >= 4 is 73.9 Å². The average molecular weight is 651 g/mol. The lowest BCUT2D eigenvalue weighted by Crippen LogP contribution is -2.51. The smallest absolute Gasteiger partial charge is 0.243 e. The Labute approximate surface area is 257 Å². The van der Waals surface area contributed by atoms with E-state index in [4.69, 9.17) is 46.4 Å². The lowest BCUT2D eigenvalue weighted by Gasteiger charge is -2.33. The minimum atomic E-state index is -3.71. The van der Waals surface area contributed by atoms with E-state index < -0.39 is 16.1 Å². The first-order valence-corrected chi connectivity index (χ1v) is 16.7. The van der Waals surface area contributed by atoms with Gasteiger partial charge in [0, 0.05) is 30.6 Å². The van der Waals surface area contributed by atoms with Crippen molar-refractivity contribution in [2.75, 3.05) is 17.1 Å². The molecule has 1 fully saturated rings. The Morgan fingerprint density at radius 2 is 1.65 bits per heavy atom. The van der Waals surface area contributed by atoms with Crippen molar-refractivity contribution in [2.45, 2.75) is 76.9 Å². The van der Waals surface area contributed by atoms with Gasteiger partial charge in [-0.25, -0.2) is 8.42 Å². The molecule has 1 aliphatic carbocycles. The molecule has 2 amide bonds. The third-order valence-electron chi connectivity index (χ3n) is 7.00. The Balaban J connectivity index is 1.80. The molecule has 1 atom stereocenters. The molecule has 0 aliphatic heterocycles. The summed E-state index contributed by atoms with van der Waals surface area (Å²) in [6.45, 7) is 2.03. The number of nitrogens with one attached hydrogen (secondary N) is 1. The Morgan fingerprint density at radius 3 is 2.27 bits per heavy atom. The third-order valence-corrected chi connectivity index (χ3v) is 9.48. The van der Waals surface area contributed by atoms with Gasteiger partial charge in [0.25, 0.3) is 0 Å². The number of amides is 2. The van der Waals surface area contributed by atoms with Crippen LogP contribution in [0.5, 0.6) is 0 Å². The second kappa shape index (κ2) is 15.0. The Morgan fingerprint density at radius 1 is 0.975 bits per heavy atom. The molecule has 0 bridgehead atoms. The van der Waals surface area contributed by atoms with Crippen molar-refractivity contribution in [1.82, 2.24) is 10.2 Å². The SMILES string of the molecule is CC[C@H](C(=O)NC1CCCCC1)N(Cc1ccc(Cl)c(Cl)c1)C(=O)CCCN(c1cc(Cl)ccc1Cl)S(C)(=O)=O. The van der Waals surface area contributed by atoms with Crippen LogP contribution in [0.25, 0.3) is 0 Å². The van der Waals surface area contributed by atoms with E-state index >= 15 is 0 Å². The summed E-state index contributed by atoms with van der Waals surface area (Å²) in [6, 6.07) is 9.09. The largest absolute Gasteiger partial charge is 0.352 e. The van der Waals surface area contributed by atoms with Crippen molar-refractivity contribution in [2.24, 2.45) is 0 Å². The summed E-state index contributed by atoms with van der Waals surface area (Å²) in [4.78, 5) is 28.6. The molecule has 0 unspecified atom stereocenters. The second-order valence-electron chi connectivity index (χ2n) is 10.1. The molecule has 2 aromatic carbocycles. The van der Waals surface area contributed by atoms with Crippen molar-refractivity contribution in [3.05, 3.63) is 62.1 Å². The van der Waals surface area contributed by atoms with Crippen molar-refractivity contribution in [3.8, 4) is 0 Å². The van der Waals surface area contributed by atoms with Gasteiger partial charge in [0.1, 0.15) is 6.04 Å². The quantitative estimate of drug-likeness (QED) is 0.265. The number of rotatable bonds is 12. The van der Waals surface area contributed by atoms with Crippen LogP contribution in [-0.4, -0.2) is 50.0 Å². The first-order valence-electron chi connectivity index (χ1n) is 13.4. The van der Waals surface area contributed by atoms with Gasteiger partial charge in [-0.1, -0.05) is 78.7 Å². The highest BCUT2D eigenvalue weighted by Gasteiger charge is 2.30. The number of anilines is 1. The minimum absolute atomic E-state index is 0.0102. The van der Waals surface area contributed by atoms with Crippen molar-refractivity contribution < 1.29 is 18.0 Å². The third kappa shape index (κ3) is 9.15. The fourth-order valence-electron chi connectivity index (χ4n) is 4.96. The summed E-state index contributed by atoms with van der Waals surface area (Å²) in [6.07, 6.45) is 6.86. The van der Waals surface area contributed by atoms with E-state index in [1.807, 2.05) is 6.92 Å². The molecule has 7 nitrogen and oxygen atoms in total. The van der Waals surface area contributed by atoms with E-state index in [1.54, 1.807) is 29.2 Å². The number of hydrogen-bond donors (Lipinski definition) is 1. The molecule has 0 heterocycles. The zero-order chi connectivity index (χ0) is 29.4. The highest BCUT2D eigenvalue weighted by molar-refractivity contribution is 7.92. The van der Waals surface area contributed by atoms with Crippen LogP contribution in [0.2, 0.25) is 20.1 Å². The van der Waals surface area contributed by atoms with Crippen LogP contribution < -0.4 is 9.62 Å².